The van der Waals surface area contributed by atoms with Gasteiger partial charge in [0.05, 0.1) is 0 Å². The van der Waals surface area contributed by atoms with E-state index in [2.05, 4.69) is 11.8 Å². The summed E-state index contributed by atoms with van der Waals surface area (Å²) in [6, 6.07) is 0. The molecule has 0 rings (SSSR count). The Labute approximate surface area is 57.9 Å². The largest absolute Gasteiger partial charge is 0.772 e. The summed E-state index contributed by atoms with van der Waals surface area (Å²) in [6.45, 7) is 1.74. The van der Waals surface area contributed by atoms with Crippen molar-refractivity contribution in [2.45, 2.75) is 19.8 Å². The summed E-state index contributed by atoms with van der Waals surface area (Å²) < 4.78 is 19.8. The van der Waals surface area contributed by atoms with Crippen LogP contribution in [0, 0.1) is 11.8 Å². The summed E-state index contributed by atoms with van der Waals surface area (Å²) in [5.74, 6) is 5.70. The Bertz CT molecular complexity index is 143. The minimum absolute atomic E-state index is 0.231. The Hall–Kier alpha value is -0.330. The average molecular weight is 145 g/mol. The van der Waals surface area contributed by atoms with Gasteiger partial charge in [0, 0.05) is 12.2 Å². The van der Waals surface area contributed by atoms with Crippen molar-refractivity contribution < 1.29 is 8.76 Å². The van der Waals surface area contributed by atoms with Crippen molar-refractivity contribution in [2.24, 2.45) is 0 Å². The van der Waals surface area contributed by atoms with Crippen molar-refractivity contribution in [3.63, 3.8) is 0 Å². The quantitative estimate of drug-likeness (QED) is 0.332. The first-order chi connectivity index (χ1) is 4.27. The van der Waals surface area contributed by atoms with Crippen LogP contribution in [-0.4, -0.2) is 14.5 Å². The fourth-order valence-electron chi connectivity index (χ4n) is 0.403. The van der Waals surface area contributed by atoms with E-state index in [0.717, 1.165) is 0 Å². The molecule has 0 heterocycles. The molecule has 0 amide bonds. The molecule has 52 valence electrons. The molecule has 0 aromatic carbocycles. The first-order valence-electron chi connectivity index (χ1n) is 2.73. The molecule has 9 heavy (non-hydrogen) atoms. The number of unbranched alkanes of at least 4 members (excludes halogenated alkanes) is 1. The fraction of sp³-hybridized carbons (Fsp3) is 0.667. The molecule has 0 aliphatic rings. The first-order valence-corrected chi connectivity index (χ1v) is 3.97. The summed E-state index contributed by atoms with van der Waals surface area (Å²) >= 11 is -1.89. The van der Waals surface area contributed by atoms with E-state index in [9.17, 15) is 8.76 Å². The summed E-state index contributed by atoms with van der Waals surface area (Å²) in [5, 5.41) is 0. The van der Waals surface area contributed by atoms with E-state index in [1.165, 1.54) is 0 Å². The molecular formula is C6H9O2S-. The summed E-state index contributed by atoms with van der Waals surface area (Å²) in [5.41, 5.74) is 0. The highest BCUT2D eigenvalue weighted by molar-refractivity contribution is 7.79. The van der Waals surface area contributed by atoms with Gasteiger partial charge in [-0.25, -0.2) is 0 Å². The Balaban J connectivity index is 3.07. The third-order valence-electron chi connectivity index (χ3n) is 0.790. The van der Waals surface area contributed by atoms with Gasteiger partial charge in [0.2, 0.25) is 0 Å². The molecular weight excluding hydrogens is 136 g/mol. The molecule has 0 radical (unpaired) electrons. The third-order valence-corrected chi connectivity index (χ3v) is 1.41. The Kier molecular flexibility index (Phi) is 5.59. The van der Waals surface area contributed by atoms with E-state index in [-0.39, 0.29) is 5.75 Å². The predicted molar refractivity (Wildman–Crippen MR) is 36.5 cm³/mol. The number of rotatable bonds is 3. The Morgan fingerprint density at radius 3 is 2.78 bits per heavy atom. The predicted octanol–water partition coefficient (Wildman–Crippen LogP) is 0.669. The lowest BCUT2D eigenvalue weighted by molar-refractivity contribution is 0.535. The molecule has 0 N–H and O–H groups in total. The summed E-state index contributed by atoms with van der Waals surface area (Å²) in [7, 11) is 0. The van der Waals surface area contributed by atoms with Gasteiger partial charge in [-0.2, -0.15) is 0 Å². The molecule has 0 aliphatic carbocycles. The lowest BCUT2D eigenvalue weighted by atomic mass is 10.3. The van der Waals surface area contributed by atoms with E-state index in [1.54, 1.807) is 6.92 Å². The Morgan fingerprint density at radius 1 is 1.67 bits per heavy atom. The lowest BCUT2D eigenvalue weighted by Gasteiger charge is -1.99. The van der Waals surface area contributed by atoms with Crippen molar-refractivity contribution in [3.8, 4) is 11.8 Å². The van der Waals surface area contributed by atoms with Crippen LogP contribution in [0.2, 0.25) is 0 Å². The molecule has 2 nitrogen and oxygen atoms in total. The summed E-state index contributed by atoms with van der Waals surface area (Å²) in [6.07, 6.45) is 1.33. The van der Waals surface area contributed by atoms with Crippen LogP contribution >= 0.6 is 0 Å². The minimum Gasteiger partial charge on any atom is -0.772 e. The monoisotopic (exact) mass is 145 g/mol. The third kappa shape index (κ3) is 7.67. The van der Waals surface area contributed by atoms with Crippen molar-refractivity contribution in [2.75, 3.05) is 5.75 Å². The normalized spacial score (nSPS) is 11.8. The van der Waals surface area contributed by atoms with Crippen LogP contribution in [0.15, 0.2) is 0 Å². The van der Waals surface area contributed by atoms with E-state index in [1.807, 2.05) is 0 Å². The molecule has 1 atom stereocenters. The topological polar surface area (TPSA) is 40.1 Å². The van der Waals surface area contributed by atoms with E-state index < -0.39 is 11.1 Å². The van der Waals surface area contributed by atoms with E-state index in [4.69, 9.17) is 0 Å². The van der Waals surface area contributed by atoms with Crippen LogP contribution in [0.4, 0.5) is 0 Å². The van der Waals surface area contributed by atoms with Gasteiger partial charge in [0.1, 0.15) is 0 Å². The summed E-state index contributed by atoms with van der Waals surface area (Å²) in [4.78, 5) is 0. The van der Waals surface area contributed by atoms with Gasteiger partial charge in [-0.15, -0.1) is 11.8 Å². The van der Waals surface area contributed by atoms with Gasteiger partial charge in [0.25, 0.3) is 0 Å². The zero-order valence-corrected chi connectivity index (χ0v) is 6.16. The van der Waals surface area contributed by atoms with Crippen LogP contribution in [0.25, 0.3) is 0 Å². The highest BCUT2D eigenvalue weighted by Crippen LogP contribution is 1.87. The molecule has 0 saturated heterocycles. The number of hydrogen-bond acceptors (Lipinski definition) is 2. The first kappa shape index (κ1) is 8.67. The molecule has 0 bridgehead atoms. The standard InChI is InChI=1S/C6H10O2S/c1-2-3-4-5-6-9(7)8/h4-6H2,1H3,(H,7,8)/p-1. The average Bonchev–Trinajstić information content (AvgIpc) is 1.80. The van der Waals surface area contributed by atoms with Gasteiger partial charge in [-0.05, 0) is 13.3 Å². The van der Waals surface area contributed by atoms with E-state index >= 15 is 0 Å². The van der Waals surface area contributed by atoms with Gasteiger partial charge in [0.15, 0.2) is 0 Å². The van der Waals surface area contributed by atoms with Gasteiger partial charge >= 0.3 is 0 Å². The van der Waals surface area contributed by atoms with Crippen LogP contribution < -0.4 is 0 Å². The molecule has 0 spiro atoms. The molecule has 0 aromatic heterocycles. The van der Waals surface area contributed by atoms with Crippen molar-refractivity contribution in [1.29, 1.82) is 0 Å². The van der Waals surface area contributed by atoms with Crippen LogP contribution in [0.1, 0.15) is 19.8 Å². The number of hydrogen-bond donors (Lipinski definition) is 0. The molecule has 0 aromatic rings. The second-order valence-electron chi connectivity index (χ2n) is 1.54. The van der Waals surface area contributed by atoms with Gasteiger partial charge in [-0.3, -0.25) is 4.21 Å². The van der Waals surface area contributed by atoms with Gasteiger partial charge < -0.3 is 4.55 Å². The molecule has 1 unspecified atom stereocenters. The molecule has 3 heteroatoms. The fourth-order valence-corrected chi connectivity index (χ4v) is 0.783. The lowest BCUT2D eigenvalue weighted by Crippen LogP contribution is -1.93. The van der Waals surface area contributed by atoms with Crippen molar-refractivity contribution >= 4 is 11.1 Å². The maximum Gasteiger partial charge on any atom is 0.0111 e. The molecule has 0 aliphatic heterocycles. The van der Waals surface area contributed by atoms with Crippen LogP contribution in [0.5, 0.6) is 0 Å². The molecule has 0 fully saturated rings. The second kappa shape index (κ2) is 5.80. The van der Waals surface area contributed by atoms with Crippen LogP contribution in [0.3, 0.4) is 0 Å². The van der Waals surface area contributed by atoms with Crippen molar-refractivity contribution in [1.82, 2.24) is 0 Å². The smallest absolute Gasteiger partial charge is 0.0111 e. The van der Waals surface area contributed by atoms with Crippen LogP contribution in [-0.2, 0) is 11.1 Å². The maximum atomic E-state index is 9.91. The maximum absolute atomic E-state index is 9.91. The zero-order valence-electron chi connectivity index (χ0n) is 5.35. The molecule has 0 saturated carbocycles. The highest BCUT2D eigenvalue weighted by Gasteiger charge is 1.81. The van der Waals surface area contributed by atoms with E-state index in [0.29, 0.717) is 12.8 Å². The zero-order chi connectivity index (χ0) is 7.11. The van der Waals surface area contributed by atoms with Crippen molar-refractivity contribution in [3.05, 3.63) is 0 Å². The second-order valence-corrected chi connectivity index (χ2v) is 2.55. The SMILES string of the molecule is CC#CCCCS(=O)[O-]. The highest BCUT2D eigenvalue weighted by atomic mass is 32.2. The Morgan fingerprint density at radius 2 is 2.33 bits per heavy atom. The van der Waals surface area contributed by atoms with Gasteiger partial charge in [-0.1, -0.05) is 11.1 Å². The minimum atomic E-state index is -1.89.